The number of rotatable bonds is 9. The molecule has 2 aromatic carbocycles. The number of hydrogen-bond acceptors (Lipinski definition) is 4. The summed E-state index contributed by atoms with van der Waals surface area (Å²) in [6.45, 7) is 7.93. The van der Waals surface area contributed by atoms with Gasteiger partial charge in [0.15, 0.2) is 6.10 Å². The Kier molecular flexibility index (Phi) is 8.07. The Balaban J connectivity index is 2.03. The van der Waals surface area contributed by atoms with E-state index >= 15 is 0 Å². The van der Waals surface area contributed by atoms with Gasteiger partial charge in [0, 0.05) is 18.1 Å². The van der Waals surface area contributed by atoms with Crippen molar-refractivity contribution in [3.8, 4) is 5.75 Å². The third kappa shape index (κ3) is 5.95. The SMILES string of the molecule is CCN(CC)S(=O)(=O)c1ccc(C(C)NC(=O)C(C)Oc2cccc(Cl)c2)cc1. The molecule has 0 aliphatic carbocycles. The number of halogens is 1. The van der Waals surface area contributed by atoms with Gasteiger partial charge >= 0.3 is 0 Å². The first-order chi connectivity index (χ1) is 13.7. The molecule has 0 bridgehead atoms. The molecule has 2 unspecified atom stereocenters. The lowest BCUT2D eigenvalue weighted by atomic mass is 10.1. The van der Waals surface area contributed by atoms with Crippen LogP contribution in [0.4, 0.5) is 0 Å². The standard InChI is InChI=1S/C21H27ClN2O4S/c1-5-24(6-2)29(26,27)20-12-10-17(11-13-20)15(3)23-21(25)16(4)28-19-9-7-8-18(22)14-19/h7-16H,5-6H2,1-4H3,(H,23,25). The molecule has 0 aromatic heterocycles. The molecule has 0 saturated heterocycles. The van der Waals surface area contributed by atoms with Gasteiger partial charge in [-0.3, -0.25) is 4.79 Å². The number of ether oxygens (including phenoxy) is 1. The summed E-state index contributed by atoms with van der Waals surface area (Å²) in [5.74, 6) is 0.232. The maximum Gasteiger partial charge on any atom is 0.261 e. The first kappa shape index (κ1) is 23.2. The van der Waals surface area contributed by atoms with E-state index in [4.69, 9.17) is 16.3 Å². The van der Waals surface area contributed by atoms with Gasteiger partial charge in [0.2, 0.25) is 10.0 Å². The Labute approximate surface area is 177 Å². The Morgan fingerprint density at radius 3 is 2.28 bits per heavy atom. The van der Waals surface area contributed by atoms with Crippen LogP contribution in [0, 0.1) is 0 Å². The minimum absolute atomic E-state index is 0.237. The van der Waals surface area contributed by atoms with Crippen LogP contribution in [-0.4, -0.2) is 37.8 Å². The average Bonchev–Trinajstić information content (AvgIpc) is 2.68. The monoisotopic (exact) mass is 438 g/mol. The van der Waals surface area contributed by atoms with Crippen LogP contribution in [0.2, 0.25) is 5.02 Å². The van der Waals surface area contributed by atoms with E-state index in [1.165, 1.54) is 4.31 Å². The van der Waals surface area contributed by atoms with Gasteiger partial charge in [0.25, 0.3) is 5.91 Å². The number of hydrogen-bond donors (Lipinski definition) is 1. The Morgan fingerprint density at radius 2 is 1.72 bits per heavy atom. The van der Waals surface area contributed by atoms with Crippen molar-refractivity contribution in [3.05, 3.63) is 59.1 Å². The van der Waals surface area contributed by atoms with Crippen molar-refractivity contribution in [1.82, 2.24) is 9.62 Å². The summed E-state index contributed by atoms with van der Waals surface area (Å²) in [6.07, 6.45) is -0.710. The molecule has 29 heavy (non-hydrogen) atoms. The molecule has 158 valence electrons. The molecule has 0 saturated carbocycles. The summed E-state index contributed by atoms with van der Waals surface area (Å²) < 4.78 is 32.2. The number of nitrogens with one attached hydrogen (secondary N) is 1. The Morgan fingerprint density at radius 1 is 1.10 bits per heavy atom. The van der Waals surface area contributed by atoms with E-state index in [1.807, 2.05) is 6.92 Å². The molecule has 0 aliphatic heterocycles. The second kappa shape index (κ2) is 10.1. The van der Waals surface area contributed by atoms with Crippen LogP contribution < -0.4 is 10.1 Å². The molecule has 2 aromatic rings. The molecule has 1 amide bonds. The highest BCUT2D eigenvalue weighted by molar-refractivity contribution is 7.89. The fourth-order valence-corrected chi connectivity index (χ4v) is 4.49. The highest BCUT2D eigenvalue weighted by atomic mass is 35.5. The normalized spacial score (nSPS) is 13.7. The van der Waals surface area contributed by atoms with Crippen LogP contribution in [0.3, 0.4) is 0 Å². The van der Waals surface area contributed by atoms with Crippen LogP contribution >= 0.6 is 11.6 Å². The van der Waals surface area contributed by atoms with Crippen molar-refractivity contribution in [2.45, 2.75) is 44.7 Å². The van der Waals surface area contributed by atoms with Crippen molar-refractivity contribution in [1.29, 1.82) is 0 Å². The van der Waals surface area contributed by atoms with Gasteiger partial charge in [-0.1, -0.05) is 43.6 Å². The molecule has 0 aliphatic rings. The van der Waals surface area contributed by atoms with E-state index in [1.54, 1.807) is 69.3 Å². The molecule has 2 rings (SSSR count). The predicted octanol–water partition coefficient (Wildman–Crippen LogP) is 4.02. The number of carbonyl (C=O) groups is 1. The van der Waals surface area contributed by atoms with Gasteiger partial charge < -0.3 is 10.1 Å². The quantitative estimate of drug-likeness (QED) is 0.641. The lowest BCUT2D eigenvalue weighted by Gasteiger charge is -2.20. The largest absolute Gasteiger partial charge is 0.481 e. The minimum Gasteiger partial charge on any atom is -0.481 e. The molecule has 0 spiro atoms. The van der Waals surface area contributed by atoms with Gasteiger partial charge in [-0.2, -0.15) is 4.31 Å². The maximum absolute atomic E-state index is 12.6. The van der Waals surface area contributed by atoms with Crippen molar-refractivity contribution in [3.63, 3.8) is 0 Å². The summed E-state index contributed by atoms with van der Waals surface area (Å²) >= 11 is 5.93. The fraction of sp³-hybridized carbons (Fsp3) is 0.381. The smallest absolute Gasteiger partial charge is 0.261 e. The van der Waals surface area contributed by atoms with Gasteiger partial charge in [0.1, 0.15) is 5.75 Å². The van der Waals surface area contributed by atoms with Crippen LogP contribution in [0.1, 0.15) is 39.3 Å². The molecule has 8 heteroatoms. The van der Waals surface area contributed by atoms with Crippen molar-refractivity contribution >= 4 is 27.5 Å². The number of nitrogens with zero attached hydrogens (tertiary/aromatic N) is 1. The highest BCUT2D eigenvalue weighted by Crippen LogP contribution is 2.21. The van der Waals surface area contributed by atoms with Crippen LogP contribution in [0.5, 0.6) is 5.75 Å². The molecular weight excluding hydrogens is 412 g/mol. The van der Waals surface area contributed by atoms with E-state index in [9.17, 15) is 13.2 Å². The van der Waals surface area contributed by atoms with Gasteiger partial charge in [-0.25, -0.2) is 8.42 Å². The zero-order valence-corrected chi connectivity index (χ0v) is 18.6. The second-order valence-electron chi connectivity index (χ2n) is 6.61. The number of amides is 1. The number of carbonyl (C=O) groups excluding carboxylic acids is 1. The predicted molar refractivity (Wildman–Crippen MR) is 115 cm³/mol. The summed E-state index contributed by atoms with van der Waals surface area (Å²) in [5, 5.41) is 3.41. The summed E-state index contributed by atoms with van der Waals surface area (Å²) in [5.41, 5.74) is 0.798. The zero-order chi connectivity index (χ0) is 21.6. The minimum atomic E-state index is -3.50. The van der Waals surface area contributed by atoms with E-state index in [2.05, 4.69) is 5.32 Å². The molecule has 2 atom stereocenters. The number of sulfonamides is 1. The van der Waals surface area contributed by atoms with Crippen molar-refractivity contribution in [2.24, 2.45) is 0 Å². The summed E-state index contributed by atoms with van der Waals surface area (Å²) in [4.78, 5) is 12.7. The first-order valence-corrected chi connectivity index (χ1v) is 11.3. The van der Waals surface area contributed by atoms with E-state index in [-0.39, 0.29) is 16.8 Å². The topological polar surface area (TPSA) is 75.7 Å². The molecule has 0 radical (unpaired) electrons. The molecule has 0 fully saturated rings. The first-order valence-electron chi connectivity index (χ1n) is 9.51. The zero-order valence-electron chi connectivity index (χ0n) is 17.1. The maximum atomic E-state index is 12.6. The molecular formula is C21H27ClN2O4S. The average molecular weight is 439 g/mol. The lowest BCUT2D eigenvalue weighted by Crippen LogP contribution is -2.37. The molecule has 0 heterocycles. The van der Waals surface area contributed by atoms with Crippen molar-refractivity contribution < 1.29 is 17.9 Å². The van der Waals surface area contributed by atoms with Gasteiger partial charge in [-0.05, 0) is 49.7 Å². The Hall–Kier alpha value is -2.09. The third-order valence-corrected chi connectivity index (χ3v) is 6.86. The lowest BCUT2D eigenvalue weighted by molar-refractivity contribution is -0.127. The summed E-state index contributed by atoms with van der Waals surface area (Å²) in [6, 6.07) is 13.1. The van der Waals surface area contributed by atoms with Crippen LogP contribution in [0.25, 0.3) is 0 Å². The van der Waals surface area contributed by atoms with E-state index < -0.39 is 16.1 Å². The van der Waals surface area contributed by atoms with Crippen molar-refractivity contribution in [2.75, 3.05) is 13.1 Å². The van der Waals surface area contributed by atoms with Gasteiger partial charge in [-0.15, -0.1) is 0 Å². The summed E-state index contributed by atoms with van der Waals surface area (Å²) in [7, 11) is -3.50. The highest BCUT2D eigenvalue weighted by Gasteiger charge is 2.22. The van der Waals surface area contributed by atoms with Crippen LogP contribution in [-0.2, 0) is 14.8 Å². The molecule has 6 nitrogen and oxygen atoms in total. The second-order valence-corrected chi connectivity index (χ2v) is 8.98. The molecule has 1 N–H and O–H groups in total. The van der Waals surface area contributed by atoms with Crippen LogP contribution in [0.15, 0.2) is 53.4 Å². The third-order valence-electron chi connectivity index (χ3n) is 4.56. The fourth-order valence-electron chi connectivity index (χ4n) is 2.85. The van der Waals surface area contributed by atoms with E-state index in [0.717, 1.165) is 5.56 Å². The Bertz CT molecular complexity index is 928. The van der Waals surface area contributed by atoms with Gasteiger partial charge in [0.05, 0.1) is 10.9 Å². The van der Waals surface area contributed by atoms with E-state index in [0.29, 0.717) is 23.9 Å². The number of benzene rings is 2.